The normalized spacial score (nSPS) is 30.5. The van der Waals surface area contributed by atoms with Crippen molar-refractivity contribution in [1.82, 2.24) is 19.8 Å². The van der Waals surface area contributed by atoms with Crippen molar-refractivity contribution in [1.29, 1.82) is 0 Å². The average Bonchev–Trinajstić information content (AvgIpc) is 3.73. The van der Waals surface area contributed by atoms with Crippen LogP contribution in [0.4, 0.5) is 17.6 Å². The van der Waals surface area contributed by atoms with Crippen molar-refractivity contribution in [3.8, 4) is 0 Å². The lowest BCUT2D eigenvalue weighted by molar-refractivity contribution is -0.197. The fraction of sp³-hybridized carbons (Fsp3) is 0.346. The number of fused-ring (bicyclic) bond motifs is 6. The number of halogens is 4. The number of H-pyrrole nitrogens is 2. The van der Waals surface area contributed by atoms with Crippen LogP contribution in [0, 0.1) is 29.2 Å². The predicted molar refractivity (Wildman–Crippen MR) is 235 cm³/mol. The summed E-state index contributed by atoms with van der Waals surface area (Å²) in [5.41, 5.74) is 6.24. The minimum absolute atomic E-state index is 0.0182. The summed E-state index contributed by atoms with van der Waals surface area (Å²) in [6, 6.07) is 17.9. The number of aromatic nitrogens is 2. The minimum atomic E-state index is -1.21. The maximum Gasteiger partial charge on any atom is 0.328 e. The second-order valence-corrected chi connectivity index (χ2v) is 19.9. The number of nitrogens with one attached hydrogen (secondary N) is 2. The van der Waals surface area contributed by atoms with Gasteiger partial charge < -0.3 is 20.2 Å². The zero-order valence-corrected chi connectivity index (χ0v) is 35.3. The molecule has 12 heteroatoms. The van der Waals surface area contributed by atoms with E-state index >= 15 is 17.6 Å². The molecule has 0 spiro atoms. The molecule has 14 rings (SSSR count). The summed E-state index contributed by atoms with van der Waals surface area (Å²) >= 11 is 0. The van der Waals surface area contributed by atoms with Gasteiger partial charge >= 0.3 is 11.9 Å². The number of hydrogen-bond acceptors (Lipinski definition) is 4. The van der Waals surface area contributed by atoms with Crippen molar-refractivity contribution in [3.63, 3.8) is 0 Å². The fourth-order valence-corrected chi connectivity index (χ4v) is 13.7. The number of para-hydroxylation sites is 1. The summed E-state index contributed by atoms with van der Waals surface area (Å²) in [4.78, 5) is 34.4. The third-order valence-corrected chi connectivity index (χ3v) is 16.1. The van der Waals surface area contributed by atoms with Crippen LogP contribution in [-0.2, 0) is 27.8 Å². The van der Waals surface area contributed by atoms with Crippen molar-refractivity contribution >= 4 is 45.9 Å². The number of carbonyl (C=O) groups is 2. The second kappa shape index (κ2) is 13.5. The van der Waals surface area contributed by atoms with Crippen LogP contribution in [0.3, 0.4) is 0 Å². The molecule has 4 atom stereocenters. The van der Waals surface area contributed by atoms with E-state index in [1.807, 2.05) is 24.3 Å². The van der Waals surface area contributed by atoms with Crippen molar-refractivity contribution in [2.24, 2.45) is 5.92 Å². The number of benzene rings is 4. The maximum atomic E-state index is 16.4. The van der Waals surface area contributed by atoms with Crippen LogP contribution in [0.2, 0.25) is 0 Å². The summed E-state index contributed by atoms with van der Waals surface area (Å²) in [6.45, 7) is 4.29. The molecule has 326 valence electrons. The Balaban J connectivity index is 0.905. The third kappa shape index (κ3) is 5.54. The lowest BCUT2D eigenvalue weighted by Gasteiger charge is -2.76. The minimum Gasteiger partial charge on any atom is -0.478 e. The van der Waals surface area contributed by atoms with Gasteiger partial charge in [-0.1, -0.05) is 30.3 Å². The molecule has 2 aromatic heterocycles. The molecule has 0 radical (unpaired) electrons. The molecule has 0 unspecified atom stereocenters. The molecule has 4 N–H and O–H groups in total. The van der Waals surface area contributed by atoms with E-state index in [0.717, 1.165) is 107 Å². The quantitative estimate of drug-likeness (QED) is 0.0851. The van der Waals surface area contributed by atoms with E-state index in [1.165, 1.54) is 36.4 Å². The van der Waals surface area contributed by atoms with Gasteiger partial charge in [-0.05, 0) is 147 Å². The molecule has 64 heavy (non-hydrogen) atoms. The highest BCUT2D eigenvalue weighted by Gasteiger charge is 2.72. The van der Waals surface area contributed by atoms with Crippen LogP contribution in [0.25, 0.3) is 34.0 Å². The number of aliphatic carboxylic acids is 2. The Morgan fingerprint density at radius 2 is 1.11 bits per heavy atom. The molecule has 6 fully saturated rings. The van der Waals surface area contributed by atoms with Gasteiger partial charge in [0.25, 0.3) is 0 Å². The molecule has 0 amide bonds. The molecule has 6 saturated carbocycles. The van der Waals surface area contributed by atoms with Crippen molar-refractivity contribution in [3.05, 3.63) is 152 Å². The van der Waals surface area contributed by atoms with Gasteiger partial charge in [0.05, 0.1) is 12.1 Å². The van der Waals surface area contributed by atoms with Gasteiger partial charge in [-0.25, -0.2) is 27.2 Å². The van der Waals surface area contributed by atoms with Crippen LogP contribution >= 0.6 is 0 Å². The van der Waals surface area contributed by atoms with Crippen molar-refractivity contribution in [2.45, 2.75) is 106 Å². The number of carboxylic acid groups (broad SMARTS) is 2. The molecule has 4 heterocycles. The van der Waals surface area contributed by atoms with E-state index in [1.54, 1.807) is 0 Å². The fourth-order valence-electron chi connectivity index (χ4n) is 13.7. The first kappa shape index (κ1) is 39.6. The zero-order chi connectivity index (χ0) is 44.2. The highest BCUT2D eigenvalue weighted by Crippen LogP contribution is 2.73. The van der Waals surface area contributed by atoms with E-state index < -0.39 is 47.3 Å². The third-order valence-electron chi connectivity index (χ3n) is 16.1. The molecule has 6 aromatic rings. The van der Waals surface area contributed by atoms with E-state index in [-0.39, 0.29) is 50.8 Å². The van der Waals surface area contributed by atoms with Crippen LogP contribution in [0.15, 0.2) is 78.9 Å². The molecule has 4 aromatic carbocycles. The molecular weight excluding hydrogens is 821 g/mol. The molecule has 2 aliphatic heterocycles. The molecular formula is C52H46F4N4O4. The largest absolute Gasteiger partial charge is 0.478 e. The number of nitrogens with zero attached hydrogens (tertiary/aromatic N) is 2. The van der Waals surface area contributed by atoms with E-state index in [2.05, 4.69) is 51.8 Å². The van der Waals surface area contributed by atoms with Gasteiger partial charge in [0.1, 0.15) is 23.3 Å². The summed E-state index contributed by atoms with van der Waals surface area (Å²) in [6.07, 6.45) is 11.0. The molecule has 6 aliphatic carbocycles. The van der Waals surface area contributed by atoms with Crippen molar-refractivity contribution in [2.75, 3.05) is 0 Å². The monoisotopic (exact) mass is 866 g/mol. The Morgan fingerprint density at radius 1 is 0.641 bits per heavy atom. The standard InChI is InChI=1S/C52H46F4N4O4/c1-26-13-35-33-10-9-31(19-41(33)58-47(35)48(59(26)51-20-30(21-51)22-51)44-36(53)15-28(16-37(44)54)7-11-42(61)62)50-23-52(24-50,25-50)60-27(2)14-34-32-5-3-4-6-40(32)57-46(34)49(60)45-38(55)17-29(18-39(45)56)8-12-43(63)64/h3-12,15-19,26-27,30,48-49,57-58H,13-14,20-25H2,1-2H3,(H,61,62)(H,63,64)/b11-7+,12-8+/t26-,27+,30?,48+,49+,50?,51?,52?/m1/s1. The topological polar surface area (TPSA) is 113 Å². The number of aromatic amines is 2. The molecule has 8 aliphatic rings. The number of rotatable bonds is 9. The predicted octanol–water partition coefficient (Wildman–Crippen LogP) is 10.5. The lowest BCUT2D eigenvalue weighted by atomic mass is 9.36. The highest BCUT2D eigenvalue weighted by molar-refractivity contribution is 5.88. The van der Waals surface area contributed by atoms with Crippen LogP contribution in [0.5, 0.6) is 0 Å². The van der Waals surface area contributed by atoms with Gasteiger partial charge in [0.2, 0.25) is 0 Å². The van der Waals surface area contributed by atoms with Crippen LogP contribution < -0.4 is 0 Å². The van der Waals surface area contributed by atoms with Crippen LogP contribution in [0.1, 0.15) is 115 Å². The highest BCUT2D eigenvalue weighted by atomic mass is 19.1. The molecule has 8 nitrogen and oxygen atoms in total. The smallest absolute Gasteiger partial charge is 0.328 e. The Labute approximate surface area is 366 Å². The van der Waals surface area contributed by atoms with Gasteiger partial charge in [-0.15, -0.1) is 0 Å². The Bertz CT molecular complexity index is 3010. The summed E-state index contributed by atoms with van der Waals surface area (Å²) < 4.78 is 65.6. The Morgan fingerprint density at radius 3 is 1.59 bits per heavy atom. The van der Waals surface area contributed by atoms with E-state index in [9.17, 15) is 14.7 Å². The zero-order valence-electron chi connectivity index (χ0n) is 35.3. The van der Waals surface area contributed by atoms with E-state index in [0.29, 0.717) is 12.3 Å². The summed E-state index contributed by atoms with van der Waals surface area (Å²) in [7, 11) is 0. The van der Waals surface area contributed by atoms with Gasteiger partial charge in [-0.2, -0.15) is 0 Å². The first-order chi connectivity index (χ1) is 30.7. The SMILES string of the molecule is C[C@@H]1Cc2c([nH]c3cc(C45CC(N6[C@@H](c7c(F)cc(/C=C/C(=O)O)cc7F)c7[nH]c8ccccc8c7C[C@@H]6C)(C4)C5)ccc23)[C@H](c2c(F)cc(/C=C/C(=O)O)cc2F)N1C12CC(C1)C2. The summed E-state index contributed by atoms with van der Waals surface area (Å²) in [5.74, 6) is -4.64. The van der Waals surface area contributed by atoms with E-state index in [4.69, 9.17) is 5.11 Å². The van der Waals surface area contributed by atoms with Crippen molar-refractivity contribution < 1.29 is 37.4 Å². The first-order valence-corrected chi connectivity index (χ1v) is 22.3. The summed E-state index contributed by atoms with van der Waals surface area (Å²) in [5, 5.41) is 20.4. The van der Waals surface area contributed by atoms with Gasteiger partial charge in [0.15, 0.2) is 0 Å². The molecule has 0 saturated heterocycles. The van der Waals surface area contributed by atoms with Crippen LogP contribution in [-0.4, -0.2) is 65.1 Å². The lowest BCUT2D eigenvalue weighted by Crippen LogP contribution is -2.78. The first-order valence-electron chi connectivity index (χ1n) is 22.3. The van der Waals surface area contributed by atoms with Gasteiger partial charge in [0, 0.05) is 85.0 Å². The maximum absolute atomic E-state index is 16.4. The average molecular weight is 867 g/mol. The number of carboxylic acids is 2. The number of hydrogen-bond donors (Lipinski definition) is 4. The Kier molecular flexibility index (Phi) is 8.37. The van der Waals surface area contributed by atoms with Gasteiger partial charge in [-0.3, -0.25) is 9.80 Å². The molecule has 4 bridgehead atoms. The second-order valence-electron chi connectivity index (χ2n) is 19.9. The Hall–Kier alpha value is -5.98.